The second-order valence-corrected chi connectivity index (χ2v) is 5.07. The quantitative estimate of drug-likeness (QED) is 0.592. The summed E-state index contributed by atoms with van der Waals surface area (Å²) in [6.07, 6.45) is 1.74. The maximum atomic E-state index is 13.0. The third-order valence-corrected chi connectivity index (χ3v) is 3.05. The van der Waals surface area contributed by atoms with Crippen molar-refractivity contribution < 1.29 is 9.18 Å². The smallest absolute Gasteiger partial charge is 0.244 e. The number of rotatable bonds is 3. The second kappa shape index (κ2) is 7.67. The van der Waals surface area contributed by atoms with Crippen LogP contribution in [0, 0.1) is 5.82 Å². The van der Waals surface area contributed by atoms with Crippen LogP contribution < -0.4 is 16.2 Å². The Hall–Kier alpha value is -2.25. The maximum absolute atomic E-state index is 13.0. The summed E-state index contributed by atoms with van der Waals surface area (Å²) in [5.74, 6) is -0.810. The average molecular weight is 339 g/mol. The van der Waals surface area contributed by atoms with Gasteiger partial charge in [0.1, 0.15) is 5.82 Å². The molecule has 1 aromatic carbocycles. The van der Waals surface area contributed by atoms with Crippen LogP contribution in [0.4, 0.5) is 10.1 Å². The van der Waals surface area contributed by atoms with E-state index >= 15 is 0 Å². The van der Waals surface area contributed by atoms with E-state index in [1.807, 2.05) is 0 Å². The molecule has 2 rings (SSSR count). The first kappa shape index (κ1) is 16.1. The minimum absolute atomic E-state index is 0.0213. The molecule has 8 heteroatoms. The van der Waals surface area contributed by atoms with Crippen LogP contribution in [0.2, 0.25) is 5.02 Å². The third-order valence-electron chi connectivity index (χ3n) is 2.56. The van der Waals surface area contributed by atoms with Crippen LogP contribution in [0.3, 0.4) is 0 Å². The van der Waals surface area contributed by atoms with Crippen molar-refractivity contribution in [2.45, 2.75) is 6.42 Å². The van der Waals surface area contributed by atoms with Gasteiger partial charge in [0, 0.05) is 17.6 Å². The highest BCUT2D eigenvalue weighted by Crippen LogP contribution is 2.19. The standard InChI is InChI=1S/C14H12ClFN4OS/c15-11-7-10(4-5-12(11)16)18-14(22)20-19-13(21)8-9-3-1-2-6-17-9/h1-7H,8H2,(H,19,21)(H2,18,20,22). The van der Waals surface area contributed by atoms with E-state index in [0.717, 1.165) is 0 Å². The number of hydrogen-bond donors (Lipinski definition) is 3. The van der Waals surface area contributed by atoms with E-state index in [9.17, 15) is 9.18 Å². The van der Waals surface area contributed by atoms with Gasteiger partial charge in [-0.1, -0.05) is 17.7 Å². The lowest BCUT2D eigenvalue weighted by Gasteiger charge is -2.11. The Morgan fingerprint density at radius 1 is 1.27 bits per heavy atom. The maximum Gasteiger partial charge on any atom is 0.244 e. The summed E-state index contributed by atoms with van der Waals surface area (Å²) in [4.78, 5) is 15.7. The van der Waals surface area contributed by atoms with E-state index in [1.54, 1.807) is 24.4 Å². The number of halogens is 2. The van der Waals surface area contributed by atoms with Crippen LogP contribution in [-0.4, -0.2) is 16.0 Å². The molecule has 3 N–H and O–H groups in total. The lowest BCUT2D eigenvalue weighted by Crippen LogP contribution is -2.44. The molecule has 114 valence electrons. The van der Waals surface area contributed by atoms with E-state index < -0.39 is 5.82 Å². The molecule has 22 heavy (non-hydrogen) atoms. The number of aromatic nitrogens is 1. The van der Waals surface area contributed by atoms with Gasteiger partial charge in [0.05, 0.1) is 11.4 Å². The molecule has 0 saturated carbocycles. The minimum Gasteiger partial charge on any atom is -0.331 e. The van der Waals surface area contributed by atoms with E-state index in [1.165, 1.54) is 18.2 Å². The van der Waals surface area contributed by atoms with Gasteiger partial charge in [-0.15, -0.1) is 0 Å². The monoisotopic (exact) mass is 338 g/mol. The Kier molecular flexibility index (Phi) is 5.62. The Morgan fingerprint density at radius 2 is 2.09 bits per heavy atom. The zero-order valence-corrected chi connectivity index (χ0v) is 12.8. The summed E-state index contributed by atoms with van der Waals surface area (Å²) in [6.45, 7) is 0. The van der Waals surface area contributed by atoms with Crippen molar-refractivity contribution >= 4 is 40.5 Å². The van der Waals surface area contributed by atoms with Gasteiger partial charge in [-0.05, 0) is 42.5 Å². The fraction of sp³-hybridized carbons (Fsp3) is 0.0714. The zero-order valence-electron chi connectivity index (χ0n) is 11.3. The van der Waals surface area contributed by atoms with Crippen LogP contribution in [0.25, 0.3) is 0 Å². The van der Waals surface area contributed by atoms with Crippen LogP contribution in [0.5, 0.6) is 0 Å². The highest BCUT2D eigenvalue weighted by molar-refractivity contribution is 7.80. The Balaban J connectivity index is 1.80. The molecule has 0 aliphatic rings. The van der Waals surface area contributed by atoms with Crippen molar-refractivity contribution in [2.75, 3.05) is 5.32 Å². The molecular weight excluding hydrogens is 327 g/mol. The second-order valence-electron chi connectivity index (χ2n) is 4.25. The Morgan fingerprint density at radius 3 is 2.77 bits per heavy atom. The Bertz CT molecular complexity index is 684. The number of hydrogen-bond acceptors (Lipinski definition) is 3. The molecule has 0 aliphatic carbocycles. The van der Waals surface area contributed by atoms with Gasteiger partial charge < -0.3 is 5.32 Å². The van der Waals surface area contributed by atoms with Crippen molar-refractivity contribution in [2.24, 2.45) is 0 Å². The molecule has 0 aliphatic heterocycles. The van der Waals surface area contributed by atoms with Crippen molar-refractivity contribution in [1.29, 1.82) is 0 Å². The van der Waals surface area contributed by atoms with Gasteiger partial charge in [-0.3, -0.25) is 20.6 Å². The highest BCUT2D eigenvalue weighted by atomic mass is 35.5. The predicted octanol–water partition coefficient (Wildman–Crippen LogP) is 2.43. The summed E-state index contributed by atoms with van der Waals surface area (Å²) in [5.41, 5.74) is 6.13. The molecule has 0 unspecified atom stereocenters. The number of anilines is 1. The topological polar surface area (TPSA) is 66.0 Å². The molecule has 0 spiro atoms. The number of nitrogens with one attached hydrogen (secondary N) is 3. The number of benzene rings is 1. The van der Waals surface area contributed by atoms with Crippen LogP contribution in [0.1, 0.15) is 5.69 Å². The van der Waals surface area contributed by atoms with Crippen LogP contribution >= 0.6 is 23.8 Å². The lowest BCUT2D eigenvalue weighted by molar-refractivity contribution is -0.121. The number of carbonyl (C=O) groups is 1. The summed E-state index contributed by atoms with van der Waals surface area (Å²) in [7, 11) is 0. The van der Waals surface area contributed by atoms with Gasteiger partial charge in [0.25, 0.3) is 0 Å². The summed E-state index contributed by atoms with van der Waals surface area (Å²) >= 11 is 10.7. The minimum atomic E-state index is -0.519. The molecule has 0 fully saturated rings. The molecule has 1 amide bonds. The molecular formula is C14H12ClFN4OS. The van der Waals surface area contributed by atoms with Gasteiger partial charge in [0.15, 0.2) is 5.11 Å². The van der Waals surface area contributed by atoms with Gasteiger partial charge in [0.2, 0.25) is 5.91 Å². The number of hydrazine groups is 1. The van der Waals surface area contributed by atoms with E-state index in [2.05, 4.69) is 21.2 Å². The number of pyridine rings is 1. The van der Waals surface area contributed by atoms with Gasteiger partial charge in [-0.2, -0.15) is 0 Å². The summed E-state index contributed by atoms with van der Waals surface area (Å²) < 4.78 is 13.0. The first-order valence-corrected chi connectivity index (χ1v) is 7.04. The third kappa shape index (κ3) is 4.94. The fourth-order valence-electron chi connectivity index (χ4n) is 1.57. The molecule has 2 aromatic rings. The Labute approximate surface area is 136 Å². The van der Waals surface area contributed by atoms with Crippen molar-refractivity contribution in [3.05, 3.63) is 59.1 Å². The number of thiocarbonyl (C=S) groups is 1. The number of nitrogens with zero attached hydrogens (tertiary/aromatic N) is 1. The lowest BCUT2D eigenvalue weighted by atomic mass is 10.3. The fourth-order valence-corrected chi connectivity index (χ4v) is 1.92. The summed E-state index contributed by atoms with van der Waals surface area (Å²) in [6, 6.07) is 9.40. The van der Waals surface area contributed by atoms with Crippen molar-refractivity contribution in [3.8, 4) is 0 Å². The van der Waals surface area contributed by atoms with Gasteiger partial charge in [-0.25, -0.2) is 4.39 Å². The normalized spacial score (nSPS) is 9.91. The van der Waals surface area contributed by atoms with E-state index in [4.69, 9.17) is 23.8 Å². The molecule has 0 saturated heterocycles. The predicted molar refractivity (Wildman–Crippen MR) is 86.9 cm³/mol. The number of carbonyl (C=O) groups excluding carboxylic acids is 1. The number of amides is 1. The average Bonchev–Trinajstić information content (AvgIpc) is 2.50. The summed E-state index contributed by atoms with van der Waals surface area (Å²) in [5, 5.41) is 2.90. The first-order valence-electron chi connectivity index (χ1n) is 6.25. The first-order chi connectivity index (χ1) is 10.5. The van der Waals surface area contributed by atoms with Crippen molar-refractivity contribution in [3.63, 3.8) is 0 Å². The van der Waals surface area contributed by atoms with Gasteiger partial charge >= 0.3 is 0 Å². The molecule has 1 heterocycles. The zero-order chi connectivity index (χ0) is 15.9. The SMILES string of the molecule is O=C(Cc1ccccn1)NNC(=S)Nc1ccc(F)c(Cl)c1. The van der Waals surface area contributed by atoms with Crippen LogP contribution in [-0.2, 0) is 11.2 Å². The molecule has 1 aromatic heterocycles. The largest absolute Gasteiger partial charge is 0.331 e. The molecule has 0 atom stereocenters. The molecule has 5 nitrogen and oxygen atoms in total. The van der Waals surface area contributed by atoms with Crippen LogP contribution in [0.15, 0.2) is 42.6 Å². The van der Waals surface area contributed by atoms with Crippen molar-refractivity contribution in [1.82, 2.24) is 15.8 Å². The highest BCUT2D eigenvalue weighted by Gasteiger charge is 2.06. The molecule has 0 radical (unpaired) electrons. The van der Waals surface area contributed by atoms with E-state index in [-0.39, 0.29) is 22.5 Å². The van der Waals surface area contributed by atoms with E-state index in [0.29, 0.717) is 11.4 Å². The molecule has 0 bridgehead atoms.